The third-order valence-corrected chi connectivity index (χ3v) is 1.90. The molecule has 0 heterocycles. The number of halogens is 2. The van der Waals surface area contributed by atoms with Crippen molar-refractivity contribution in [1.29, 1.82) is 0 Å². The topological polar surface area (TPSA) is 50.4 Å². The minimum Gasteiger partial charge on any atom is -0.383 e. The van der Waals surface area contributed by atoms with Crippen molar-refractivity contribution < 1.29 is 13.9 Å². The molecular formula is C11H16ClFN2O2. The van der Waals surface area contributed by atoms with E-state index in [0.29, 0.717) is 18.8 Å². The SMILES string of the molecule is COCCNCC(=O)Nc1ccc(F)cc1.Cl. The second-order valence-electron chi connectivity index (χ2n) is 3.22. The first kappa shape index (κ1) is 15.8. The summed E-state index contributed by atoms with van der Waals surface area (Å²) in [6, 6.07) is 5.63. The van der Waals surface area contributed by atoms with Crippen molar-refractivity contribution in [3.63, 3.8) is 0 Å². The van der Waals surface area contributed by atoms with Crippen LogP contribution in [0.25, 0.3) is 0 Å². The summed E-state index contributed by atoms with van der Waals surface area (Å²) in [5.74, 6) is -0.487. The molecule has 0 aliphatic rings. The Labute approximate surface area is 106 Å². The van der Waals surface area contributed by atoms with Crippen molar-refractivity contribution in [2.45, 2.75) is 0 Å². The predicted molar refractivity (Wildman–Crippen MR) is 67.0 cm³/mol. The second kappa shape index (κ2) is 8.92. The Bertz CT molecular complexity index is 333. The summed E-state index contributed by atoms with van der Waals surface area (Å²) < 4.78 is 17.4. The van der Waals surface area contributed by atoms with E-state index in [9.17, 15) is 9.18 Å². The fourth-order valence-corrected chi connectivity index (χ4v) is 1.11. The van der Waals surface area contributed by atoms with Gasteiger partial charge in [-0.3, -0.25) is 4.79 Å². The summed E-state index contributed by atoms with van der Waals surface area (Å²) in [5, 5.41) is 5.54. The van der Waals surface area contributed by atoms with Crippen LogP contribution in [-0.4, -0.2) is 32.7 Å². The Balaban J connectivity index is 0.00000256. The molecule has 0 fully saturated rings. The van der Waals surface area contributed by atoms with Crippen molar-refractivity contribution in [3.05, 3.63) is 30.1 Å². The van der Waals surface area contributed by atoms with Crippen LogP contribution in [0.4, 0.5) is 10.1 Å². The molecule has 96 valence electrons. The molecule has 0 aliphatic heterocycles. The molecule has 1 rings (SSSR count). The molecule has 0 saturated carbocycles. The Kier molecular flexibility index (Phi) is 8.31. The molecule has 0 aliphatic carbocycles. The quantitative estimate of drug-likeness (QED) is 0.763. The van der Waals surface area contributed by atoms with Crippen LogP contribution in [0.5, 0.6) is 0 Å². The summed E-state index contributed by atoms with van der Waals surface area (Å²) in [5.41, 5.74) is 0.583. The van der Waals surface area contributed by atoms with Crippen molar-refractivity contribution in [2.75, 3.05) is 32.1 Å². The normalized spacial score (nSPS) is 9.53. The van der Waals surface area contributed by atoms with Gasteiger partial charge in [0.05, 0.1) is 13.2 Å². The molecule has 1 aromatic carbocycles. The fourth-order valence-electron chi connectivity index (χ4n) is 1.11. The number of benzene rings is 1. The number of carbonyl (C=O) groups excluding carboxylic acids is 1. The van der Waals surface area contributed by atoms with Gasteiger partial charge in [0.15, 0.2) is 0 Å². The number of amides is 1. The lowest BCUT2D eigenvalue weighted by Crippen LogP contribution is -2.30. The molecule has 0 aromatic heterocycles. The lowest BCUT2D eigenvalue weighted by atomic mass is 10.3. The number of hydrogen-bond acceptors (Lipinski definition) is 3. The third kappa shape index (κ3) is 6.88. The number of carbonyl (C=O) groups is 1. The fraction of sp³-hybridized carbons (Fsp3) is 0.364. The highest BCUT2D eigenvalue weighted by molar-refractivity contribution is 5.92. The molecule has 17 heavy (non-hydrogen) atoms. The van der Waals surface area contributed by atoms with E-state index >= 15 is 0 Å². The van der Waals surface area contributed by atoms with Gasteiger partial charge in [0.1, 0.15) is 5.82 Å². The largest absolute Gasteiger partial charge is 0.383 e. The molecule has 1 aromatic rings. The average Bonchev–Trinajstić information content (AvgIpc) is 2.28. The molecule has 0 radical (unpaired) electrons. The van der Waals surface area contributed by atoms with Gasteiger partial charge in [-0.1, -0.05) is 0 Å². The van der Waals surface area contributed by atoms with Gasteiger partial charge in [-0.2, -0.15) is 0 Å². The molecule has 0 spiro atoms. The van der Waals surface area contributed by atoms with E-state index in [0.717, 1.165) is 0 Å². The number of hydrogen-bond donors (Lipinski definition) is 2. The van der Waals surface area contributed by atoms with E-state index in [1.54, 1.807) is 7.11 Å². The van der Waals surface area contributed by atoms with Gasteiger partial charge in [0, 0.05) is 19.3 Å². The lowest BCUT2D eigenvalue weighted by Gasteiger charge is -2.06. The number of rotatable bonds is 6. The molecule has 0 bridgehead atoms. The maximum atomic E-state index is 12.6. The Morgan fingerprint density at radius 1 is 1.35 bits per heavy atom. The Morgan fingerprint density at radius 2 is 2.00 bits per heavy atom. The van der Waals surface area contributed by atoms with E-state index in [-0.39, 0.29) is 30.7 Å². The van der Waals surface area contributed by atoms with Gasteiger partial charge in [-0.05, 0) is 24.3 Å². The van der Waals surface area contributed by atoms with Crippen LogP contribution in [0.15, 0.2) is 24.3 Å². The average molecular weight is 263 g/mol. The smallest absolute Gasteiger partial charge is 0.238 e. The van der Waals surface area contributed by atoms with Crippen molar-refractivity contribution in [2.24, 2.45) is 0 Å². The number of nitrogens with one attached hydrogen (secondary N) is 2. The van der Waals surface area contributed by atoms with Crippen molar-refractivity contribution in [3.8, 4) is 0 Å². The van der Waals surface area contributed by atoms with Gasteiger partial charge in [0.2, 0.25) is 5.91 Å². The van der Waals surface area contributed by atoms with Crippen LogP contribution >= 0.6 is 12.4 Å². The molecule has 0 saturated heterocycles. The highest BCUT2D eigenvalue weighted by Crippen LogP contribution is 2.07. The number of ether oxygens (including phenoxy) is 1. The summed E-state index contributed by atoms with van der Waals surface area (Å²) in [6.45, 7) is 1.39. The molecule has 4 nitrogen and oxygen atoms in total. The molecule has 6 heteroatoms. The molecule has 0 unspecified atom stereocenters. The summed E-state index contributed by atoms with van der Waals surface area (Å²) >= 11 is 0. The van der Waals surface area contributed by atoms with Crippen LogP contribution in [0, 0.1) is 5.82 Å². The molecule has 0 atom stereocenters. The third-order valence-electron chi connectivity index (χ3n) is 1.90. The van der Waals surface area contributed by atoms with Crippen LogP contribution < -0.4 is 10.6 Å². The highest BCUT2D eigenvalue weighted by atomic mass is 35.5. The van der Waals surface area contributed by atoms with Crippen molar-refractivity contribution in [1.82, 2.24) is 5.32 Å². The standard InChI is InChI=1S/C11H15FN2O2.ClH/c1-16-7-6-13-8-11(15)14-10-4-2-9(12)3-5-10;/h2-5,13H,6-8H2,1H3,(H,14,15);1H. The first-order valence-corrected chi connectivity index (χ1v) is 4.97. The van der Waals surface area contributed by atoms with E-state index in [4.69, 9.17) is 4.74 Å². The molecular weight excluding hydrogens is 247 g/mol. The Morgan fingerprint density at radius 3 is 2.59 bits per heavy atom. The monoisotopic (exact) mass is 262 g/mol. The lowest BCUT2D eigenvalue weighted by molar-refractivity contribution is -0.115. The second-order valence-corrected chi connectivity index (χ2v) is 3.22. The summed E-state index contributed by atoms with van der Waals surface area (Å²) in [6.07, 6.45) is 0. The van der Waals surface area contributed by atoms with Gasteiger partial charge < -0.3 is 15.4 Å². The number of anilines is 1. The molecule has 1 amide bonds. The Hall–Kier alpha value is -1.17. The maximum absolute atomic E-state index is 12.6. The van der Waals surface area contributed by atoms with Gasteiger partial charge in [0.25, 0.3) is 0 Å². The first-order valence-electron chi connectivity index (χ1n) is 4.97. The number of methoxy groups -OCH3 is 1. The van der Waals surface area contributed by atoms with E-state index < -0.39 is 0 Å². The zero-order chi connectivity index (χ0) is 11.8. The van der Waals surface area contributed by atoms with Crippen LogP contribution in [0.1, 0.15) is 0 Å². The zero-order valence-corrected chi connectivity index (χ0v) is 10.3. The minimum absolute atomic E-state index is 0. The van der Waals surface area contributed by atoms with Crippen molar-refractivity contribution >= 4 is 24.0 Å². The van der Waals surface area contributed by atoms with E-state index in [1.165, 1.54) is 24.3 Å². The first-order chi connectivity index (χ1) is 7.72. The van der Waals surface area contributed by atoms with Crippen LogP contribution in [0.2, 0.25) is 0 Å². The van der Waals surface area contributed by atoms with Crippen LogP contribution in [-0.2, 0) is 9.53 Å². The predicted octanol–water partition coefficient (Wildman–Crippen LogP) is 1.42. The van der Waals surface area contributed by atoms with Crippen LogP contribution in [0.3, 0.4) is 0 Å². The molecule has 2 N–H and O–H groups in total. The minimum atomic E-state index is -0.323. The maximum Gasteiger partial charge on any atom is 0.238 e. The summed E-state index contributed by atoms with van der Waals surface area (Å²) in [4.78, 5) is 11.4. The van der Waals surface area contributed by atoms with Gasteiger partial charge in [-0.15, -0.1) is 12.4 Å². The summed E-state index contributed by atoms with van der Waals surface area (Å²) in [7, 11) is 1.60. The van der Waals surface area contributed by atoms with Gasteiger partial charge >= 0.3 is 0 Å². The highest BCUT2D eigenvalue weighted by Gasteiger charge is 2.01. The van der Waals surface area contributed by atoms with E-state index in [2.05, 4.69) is 10.6 Å². The zero-order valence-electron chi connectivity index (χ0n) is 9.53. The van der Waals surface area contributed by atoms with E-state index in [1.807, 2.05) is 0 Å². The van der Waals surface area contributed by atoms with Gasteiger partial charge in [-0.25, -0.2) is 4.39 Å².